The number of hydrogen-bond donors (Lipinski definition) is 1. The number of nitrogens with one attached hydrogen (secondary N) is 1. The highest BCUT2D eigenvalue weighted by Crippen LogP contribution is 2.61. The van der Waals surface area contributed by atoms with E-state index in [-0.39, 0.29) is 30.1 Å². The molecule has 3 aromatic carbocycles. The van der Waals surface area contributed by atoms with Crippen LogP contribution in [-0.4, -0.2) is 41.2 Å². The molecule has 1 fully saturated rings. The van der Waals surface area contributed by atoms with Gasteiger partial charge in [0.25, 0.3) is 5.91 Å². The maximum absolute atomic E-state index is 14.1. The Hall–Kier alpha value is -3.49. The predicted molar refractivity (Wildman–Crippen MR) is 157 cm³/mol. The van der Waals surface area contributed by atoms with Gasteiger partial charge in [-0.15, -0.1) is 0 Å². The molecule has 3 amide bonds. The zero-order valence-electron chi connectivity index (χ0n) is 22.3. The number of amides is 3. The summed E-state index contributed by atoms with van der Waals surface area (Å²) in [5, 5.41) is 2.95. The minimum absolute atomic E-state index is 0.261. The highest BCUT2D eigenvalue weighted by molar-refractivity contribution is 9.10. The molecule has 0 unspecified atom stereocenters. The lowest BCUT2D eigenvalue weighted by Gasteiger charge is -2.45. The number of ether oxygens (including phenoxy) is 1. The van der Waals surface area contributed by atoms with Crippen LogP contribution in [-0.2, 0) is 23.9 Å². The standard InChI is InChI=1S/C32H28BrClN2O5/c1-2-3-12-24(32(40)41-16-25(37)35-23-14-13-17(33)15-22(23)34)36-30(38)28-26-18-8-4-5-9-19(18)27(29(28)31(36)39)21-11-7-6-10-20(21)26/h4-11,13-15,24,26-29H,2-3,12,16H2,1H3,(H,35,37)/t24-,26?,27?,28-,29-/m1/s1. The van der Waals surface area contributed by atoms with Crippen molar-refractivity contribution in [3.8, 4) is 0 Å². The molecular weight excluding hydrogens is 608 g/mol. The Morgan fingerprint density at radius 1 is 0.927 bits per heavy atom. The zero-order valence-corrected chi connectivity index (χ0v) is 24.7. The second kappa shape index (κ2) is 11.1. The second-order valence-electron chi connectivity index (χ2n) is 10.7. The third kappa shape index (κ3) is 4.67. The highest BCUT2D eigenvalue weighted by atomic mass is 79.9. The quantitative estimate of drug-likeness (QED) is 0.241. The summed E-state index contributed by atoms with van der Waals surface area (Å²) < 4.78 is 6.16. The van der Waals surface area contributed by atoms with Crippen LogP contribution in [0.1, 0.15) is 60.3 Å². The van der Waals surface area contributed by atoms with E-state index < -0.39 is 36.4 Å². The molecule has 210 valence electrons. The van der Waals surface area contributed by atoms with Gasteiger partial charge < -0.3 is 10.1 Å². The van der Waals surface area contributed by atoms with Crippen LogP contribution in [0.15, 0.2) is 71.2 Å². The van der Waals surface area contributed by atoms with Gasteiger partial charge in [0.2, 0.25) is 11.8 Å². The number of anilines is 1. The first-order chi connectivity index (χ1) is 19.8. The zero-order chi connectivity index (χ0) is 28.8. The van der Waals surface area contributed by atoms with Crippen LogP contribution in [0.5, 0.6) is 0 Å². The van der Waals surface area contributed by atoms with Crippen molar-refractivity contribution in [1.82, 2.24) is 4.90 Å². The molecule has 0 radical (unpaired) electrons. The van der Waals surface area contributed by atoms with E-state index in [4.69, 9.17) is 16.3 Å². The Balaban J connectivity index is 1.26. The molecule has 2 bridgehead atoms. The van der Waals surface area contributed by atoms with Crippen LogP contribution in [0, 0.1) is 11.8 Å². The third-order valence-corrected chi connectivity index (χ3v) is 9.25. The van der Waals surface area contributed by atoms with Crippen LogP contribution in [0.2, 0.25) is 5.02 Å². The van der Waals surface area contributed by atoms with Crippen molar-refractivity contribution in [3.63, 3.8) is 0 Å². The van der Waals surface area contributed by atoms with Crippen LogP contribution in [0.4, 0.5) is 5.69 Å². The fourth-order valence-corrected chi connectivity index (χ4v) is 7.49. The van der Waals surface area contributed by atoms with E-state index >= 15 is 0 Å². The van der Waals surface area contributed by atoms with Gasteiger partial charge in [0.15, 0.2) is 6.61 Å². The lowest BCUT2D eigenvalue weighted by Crippen LogP contribution is -2.47. The van der Waals surface area contributed by atoms with E-state index in [1.165, 1.54) is 0 Å². The molecule has 1 saturated heterocycles. The summed E-state index contributed by atoms with van der Waals surface area (Å²) >= 11 is 9.50. The fourth-order valence-electron chi connectivity index (χ4n) is 6.77. The van der Waals surface area contributed by atoms with Crippen molar-refractivity contribution in [3.05, 3.63) is 98.5 Å². The molecule has 0 saturated carbocycles. The first-order valence-electron chi connectivity index (χ1n) is 13.8. The van der Waals surface area contributed by atoms with E-state index in [0.717, 1.165) is 38.0 Å². The average molecular weight is 636 g/mol. The number of hydrogen-bond acceptors (Lipinski definition) is 5. The Labute approximate surface area is 251 Å². The van der Waals surface area contributed by atoms with Gasteiger partial charge in [0.1, 0.15) is 6.04 Å². The average Bonchev–Trinajstić information content (AvgIpc) is 3.24. The number of rotatable bonds is 8. The van der Waals surface area contributed by atoms with Crippen molar-refractivity contribution in [1.29, 1.82) is 0 Å². The number of imide groups is 1. The summed E-state index contributed by atoms with van der Waals surface area (Å²) in [5.74, 6) is -3.72. The number of halogens is 2. The van der Waals surface area contributed by atoms with Gasteiger partial charge in [-0.05, 0) is 46.9 Å². The summed E-state index contributed by atoms with van der Waals surface area (Å²) in [7, 11) is 0. The van der Waals surface area contributed by atoms with Gasteiger partial charge in [-0.1, -0.05) is 95.8 Å². The van der Waals surface area contributed by atoms with Crippen molar-refractivity contribution < 1.29 is 23.9 Å². The van der Waals surface area contributed by atoms with E-state index in [0.29, 0.717) is 17.1 Å². The SMILES string of the molecule is CCCC[C@H](C(=O)OCC(=O)Nc1ccc(Br)cc1Cl)N1C(=O)[C@@H]2C3c4ccccc4C(c4ccccc43)[C@H]2C1=O. The Morgan fingerprint density at radius 2 is 1.46 bits per heavy atom. The topological polar surface area (TPSA) is 92.8 Å². The summed E-state index contributed by atoms with van der Waals surface area (Å²) in [6.07, 6.45) is 1.64. The van der Waals surface area contributed by atoms with Crippen molar-refractivity contribution >= 4 is 56.9 Å². The maximum Gasteiger partial charge on any atom is 0.329 e. The molecule has 0 spiro atoms. The molecule has 0 aromatic heterocycles. The van der Waals surface area contributed by atoms with Gasteiger partial charge in [-0.25, -0.2) is 4.79 Å². The fraction of sp³-hybridized carbons (Fsp3) is 0.312. The van der Waals surface area contributed by atoms with Crippen molar-refractivity contribution in [2.75, 3.05) is 11.9 Å². The molecule has 41 heavy (non-hydrogen) atoms. The van der Waals surface area contributed by atoms with E-state index in [9.17, 15) is 19.2 Å². The lowest BCUT2D eigenvalue weighted by atomic mass is 9.55. The number of carbonyl (C=O) groups excluding carboxylic acids is 4. The first kappa shape index (κ1) is 27.7. The molecule has 7 rings (SSSR count). The van der Waals surface area contributed by atoms with E-state index in [1.54, 1.807) is 18.2 Å². The van der Waals surface area contributed by atoms with Crippen LogP contribution in [0.3, 0.4) is 0 Å². The number of unbranched alkanes of at least 4 members (excludes halogenated alkanes) is 1. The van der Waals surface area contributed by atoms with E-state index in [1.807, 2.05) is 55.5 Å². The summed E-state index contributed by atoms with van der Waals surface area (Å²) in [6, 6.07) is 19.9. The Bertz CT molecular complexity index is 1460. The van der Waals surface area contributed by atoms with Gasteiger partial charge in [-0.2, -0.15) is 0 Å². The van der Waals surface area contributed by atoms with Crippen molar-refractivity contribution in [2.45, 2.75) is 44.1 Å². The van der Waals surface area contributed by atoms with Gasteiger partial charge >= 0.3 is 5.97 Å². The minimum atomic E-state index is -1.10. The molecule has 9 heteroatoms. The van der Waals surface area contributed by atoms with Crippen LogP contribution < -0.4 is 5.32 Å². The number of nitrogens with zero attached hydrogens (tertiary/aromatic N) is 1. The number of esters is 1. The number of likely N-dealkylation sites (tertiary alicyclic amines) is 1. The molecule has 3 aliphatic carbocycles. The Morgan fingerprint density at radius 3 is 1.95 bits per heavy atom. The van der Waals surface area contributed by atoms with Gasteiger partial charge in [-0.3, -0.25) is 19.3 Å². The molecule has 3 aromatic rings. The molecule has 1 heterocycles. The number of carbonyl (C=O) groups is 4. The minimum Gasteiger partial charge on any atom is -0.454 e. The normalized spacial score (nSPS) is 22.6. The summed E-state index contributed by atoms with van der Waals surface area (Å²) in [4.78, 5) is 55.4. The van der Waals surface area contributed by atoms with Crippen LogP contribution in [0.25, 0.3) is 0 Å². The molecule has 4 aliphatic rings. The third-order valence-electron chi connectivity index (χ3n) is 8.45. The molecule has 7 nitrogen and oxygen atoms in total. The maximum atomic E-state index is 14.1. The molecule has 1 aliphatic heterocycles. The smallest absolute Gasteiger partial charge is 0.329 e. The molecular formula is C32H28BrClN2O5. The molecule has 3 atom stereocenters. The second-order valence-corrected chi connectivity index (χ2v) is 12.1. The highest BCUT2D eigenvalue weighted by Gasteiger charge is 2.63. The van der Waals surface area contributed by atoms with E-state index in [2.05, 4.69) is 21.2 Å². The predicted octanol–water partition coefficient (Wildman–Crippen LogP) is 6.04. The Kier molecular flexibility index (Phi) is 7.47. The summed E-state index contributed by atoms with van der Waals surface area (Å²) in [5.41, 5.74) is 4.64. The first-order valence-corrected chi connectivity index (χ1v) is 14.9. The van der Waals surface area contributed by atoms with Crippen molar-refractivity contribution in [2.24, 2.45) is 11.8 Å². The number of benzene rings is 3. The lowest BCUT2D eigenvalue weighted by molar-refractivity contribution is -0.160. The molecule has 1 N–H and O–H groups in total. The summed E-state index contributed by atoms with van der Waals surface area (Å²) in [6.45, 7) is 1.40. The monoisotopic (exact) mass is 634 g/mol. The largest absolute Gasteiger partial charge is 0.454 e. The van der Waals surface area contributed by atoms with Gasteiger partial charge in [0.05, 0.1) is 22.5 Å². The van der Waals surface area contributed by atoms with Gasteiger partial charge in [0, 0.05) is 16.3 Å². The van der Waals surface area contributed by atoms with Crippen LogP contribution >= 0.6 is 27.5 Å².